The first kappa shape index (κ1) is 11.6. The second-order valence-electron chi connectivity index (χ2n) is 4.87. The van der Waals surface area contributed by atoms with E-state index < -0.39 is 0 Å². The van der Waals surface area contributed by atoms with Gasteiger partial charge in [-0.3, -0.25) is 4.68 Å². The average molecular weight is 222 g/mol. The summed E-state index contributed by atoms with van der Waals surface area (Å²) >= 11 is 0. The maximum atomic E-state index is 10.1. The second-order valence-corrected chi connectivity index (χ2v) is 4.87. The van der Waals surface area contributed by atoms with Gasteiger partial charge in [-0.25, -0.2) is 0 Å². The minimum absolute atomic E-state index is 0.202. The normalized spacial score (nSPS) is 26.0. The summed E-state index contributed by atoms with van der Waals surface area (Å²) in [6, 6.07) is 0.202. The summed E-state index contributed by atoms with van der Waals surface area (Å²) in [6.45, 7) is 6.36. The van der Waals surface area contributed by atoms with E-state index in [4.69, 9.17) is 0 Å². The number of aliphatic hydroxyl groups excluding tert-OH is 1. The number of hydrogen-bond donors (Lipinski definition) is 1. The molecule has 90 valence electrons. The Hall–Kier alpha value is -0.830. The van der Waals surface area contributed by atoms with Crippen LogP contribution < -0.4 is 0 Å². The average Bonchev–Trinajstić information content (AvgIpc) is 2.55. The third kappa shape index (κ3) is 1.88. The van der Waals surface area contributed by atoms with Gasteiger partial charge in [0, 0.05) is 5.69 Å². The summed E-state index contributed by atoms with van der Waals surface area (Å²) in [6.07, 6.45) is 5.16. The smallest absolute Gasteiger partial charge is 0.0781 e. The van der Waals surface area contributed by atoms with Crippen molar-refractivity contribution in [1.82, 2.24) is 9.78 Å². The van der Waals surface area contributed by atoms with Crippen LogP contribution in [0.4, 0.5) is 0 Å². The molecular formula is C13H22N2O. The monoisotopic (exact) mass is 222 g/mol. The van der Waals surface area contributed by atoms with Gasteiger partial charge in [0.2, 0.25) is 0 Å². The lowest BCUT2D eigenvalue weighted by Gasteiger charge is -2.28. The van der Waals surface area contributed by atoms with Crippen molar-refractivity contribution in [2.24, 2.45) is 0 Å². The van der Waals surface area contributed by atoms with Gasteiger partial charge in [-0.1, -0.05) is 19.8 Å². The maximum Gasteiger partial charge on any atom is 0.0781 e. The van der Waals surface area contributed by atoms with Crippen molar-refractivity contribution >= 4 is 0 Å². The molecule has 3 heteroatoms. The van der Waals surface area contributed by atoms with E-state index in [2.05, 4.69) is 30.6 Å². The van der Waals surface area contributed by atoms with E-state index >= 15 is 0 Å². The van der Waals surface area contributed by atoms with Crippen molar-refractivity contribution in [3.05, 3.63) is 17.0 Å². The van der Waals surface area contributed by atoms with Gasteiger partial charge in [0.05, 0.1) is 17.8 Å². The molecule has 0 radical (unpaired) electrons. The van der Waals surface area contributed by atoms with Crippen molar-refractivity contribution in [2.45, 2.75) is 65.0 Å². The molecule has 0 amide bonds. The van der Waals surface area contributed by atoms with Gasteiger partial charge in [0.1, 0.15) is 0 Å². The molecule has 0 saturated heterocycles. The molecule has 1 saturated carbocycles. The fraction of sp³-hybridized carbons (Fsp3) is 0.769. The molecule has 1 heterocycles. The van der Waals surface area contributed by atoms with Crippen molar-refractivity contribution in [3.8, 4) is 0 Å². The molecule has 0 spiro atoms. The Morgan fingerprint density at radius 2 is 2.00 bits per heavy atom. The number of aromatic nitrogens is 2. The molecule has 1 aromatic heterocycles. The van der Waals surface area contributed by atoms with E-state index in [9.17, 15) is 5.11 Å². The minimum atomic E-state index is -0.212. The zero-order valence-corrected chi connectivity index (χ0v) is 10.5. The SMILES string of the molecule is CCc1c(C)nn([C@H]2CCCC[C@@H]2O)c1C. The Morgan fingerprint density at radius 3 is 2.56 bits per heavy atom. The molecule has 0 unspecified atom stereocenters. The Morgan fingerprint density at radius 1 is 1.31 bits per heavy atom. The van der Waals surface area contributed by atoms with Gasteiger partial charge in [-0.2, -0.15) is 5.10 Å². The number of aryl methyl sites for hydroxylation is 1. The van der Waals surface area contributed by atoms with E-state index in [1.54, 1.807) is 0 Å². The van der Waals surface area contributed by atoms with Crippen molar-refractivity contribution in [2.75, 3.05) is 0 Å². The van der Waals surface area contributed by atoms with E-state index in [0.29, 0.717) is 0 Å². The Bertz CT molecular complexity index is 370. The van der Waals surface area contributed by atoms with Crippen LogP contribution in [0.15, 0.2) is 0 Å². The first-order valence-electron chi connectivity index (χ1n) is 6.37. The van der Waals surface area contributed by atoms with Crippen LogP contribution in [0.25, 0.3) is 0 Å². The molecule has 1 fully saturated rings. The Kier molecular flexibility index (Phi) is 3.33. The number of rotatable bonds is 2. The second kappa shape index (κ2) is 4.58. The zero-order valence-electron chi connectivity index (χ0n) is 10.5. The predicted octanol–water partition coefficient (Wildman–Crippen LogP) is 2.54. The standard InChI is InChI=1S/C13H22N2O/c1-4-11-9(2)14-15(10(11)3)12-7-5-6-8-13(12)16/h12-13,16H,4-8H2,1-3H3/t12-,13-/m0/s1. The van der Waals surface area contributed by atoms with Crippen LogP contribution in [0.1, 0.15) is 55.6 Å². The predicted molar refractivity (Wildman–Crippen MR) is 64.6 cm³/mol. The fourth-order valence-corrected chi connectivity index (χ4v) is 2.91. The summed E-state index contributed by atoms with van der Waals surface area (Å²) in [5.41, 5.74) is 3.71. The Labute approximate surface area is 97.5 Å². The van der Waals surface area contributed by atoms with E-state index in [1.807, 2.05) is 0 Å². The lowest BCUT2D eigenvalue weighted by Crippen LogP contribution is -2.29. The van der Waals surface area contributed by atoms with Gasteiger partial charge in [-0.15, -0.1) is 0 Å². The van der Waals surface area contributed by atoms with Gasteiger partial charge in [0.25, 0.3) is 0 Å². The van der Waals surface area contributed by atoms with Crippen LogP contribution in [0.2, 0.25) is 0 Å². The lowest BCUT2D eigenvalue weighted by atomic mass is 9.92. The van der Waals surface area contributed by atoms with Gasteiger partial charge < -0.3 is 5.11 Å². The molecule has 3 nitrogen and oxygen atoms in total. The first-order valence-corrected chi connectivity index (χ1v) is 6.37. The largest absolute Gasteiger partial charge is 0.391 e. The number of nitrogens with zero attached hydrogens (tertiary/aromatic N) is 2. The molecule has 1 aliphatic carbocycles. The summed E-state index contributed by atoms with van der Waals surface area (Å²) < 4.78 is 2.07. The van der Waals surface area contributed by atoms with Crippen LogP contribution in [0.5, 0.6) is 0 Å². The maximum absolute atomic E-state index is 10.1. The lowest BCUT2D eigenvalue weighted by molar-refractivity contribution is 0.0682. The zero-order chi connectivity index (χ0) is 11.7. The minimum Gasteiger partial charge on any atom is -0.391 e. The highest BCUT2D eigenvalue weighted by Crippen LogP contribution is 2.30. The summed E-state index contributed by atoms with van der Waals surface area (Å²) in [4.78, 5) is 0. The number of hydrogen-bond acceptors (Lipinski definition) is 2. The molecule has 0 bridgehead atoms. The molecular weight excluding hydrogens is 200 g/mol. The van der Waals surface area contributed by atoms with E-state index in [1.165, 1.54) is 17.7 Å². The molecule has 2 rings (SSSR count). The van der Waals surface area contributed by atoms with Gasteiger partial charge >= 0.3 is 0 Å². The van der Waals surface area contributed by atoms with Crippen molar-refractivity contribution < 1.29 is 5.11 Å². The fourth-order valence-electron chi connectivity index (χ4n) is 2.91. The highest BCUT2D eigenvalue weighted by Gasteiger charge is 2.27. The third-order valence-electron chi connectivity index (χ3n) is 3.84. The Balaban J connectivity index is 2.32. The quantitative estimate of drug-likeness (QED) is 0.835. The van der Waals surface area contributed by atoms with Crippen molar-refractivity contribution in [3.63, 3.8) is 0 Å². The van der Waals surface area contributed by atoms with Gasteiger partial charge in [0.15, 0.2) is 0 Å². The third-order valence-corrected chi connectivity index (χ3v) is 3.84. The van der Waals surface area contributed by atoms with Crippen LogP contribution >= 0.6 is 0 Å². The van der Waals surface area contributed by atoms with Crippen LogP contribution in [-0.2, 0) is 6.42 Å². The molecule has 2 atom stereocenters. The molecule has 1 aromatic rings. The summed E-state index contributed by atoms with van der Waals surface area (Å²) in [5, 5.41) is 14.7. The van der Waals surface area contributed by atoms with Crippen molar-refractivity contribution in [1.29, 1.82) is 0 Å². The number of aliphatic hydroxyl groups is 1. The topological polar surface area (TPSA) is 38.0 Å². The molecule has 0 aromatic carbocycles. The molecule has 16 heavy (non-hydrogen) atoms. The van der Waals surface area contributed by atoms with Crippen LogP contribution in [0, 0.1) is 13.8 Å². The molecule has 1 N–H and O–H groups in total. The van der Waals surface area contributed by atoms with Crippen LogP contribution in [0.3, 0.4) is 0 Å². The summed E-state index contributed by atoms with van der Waals surface area (Å²) in [7, 11) is 0. The van der Waals surface area contributed by atoms with E-state index in [0.717, 1.165) is 31.4 Å². The highest BCUT2D eigenvalue weighted by atomic mass is 16.3. The van der Waals surface area contributed by atoms with Gasteiger partial charge in [-0.05, 0) is 38.7 Å². The first-order chi connectivity index (χ1) is 7.65. The summed E-state index contributed by atoms with van der Waals surface area (Å²) in [5.74, 6) is 0. The van der Waals surface area contributed by atoms with E-state index in [-0.39, 0.29) is 12.1 Å². The van der Waals surface area contributed by atoms with Crippen LogP contribution in [-0.4, -0.2) is 21.0 Å². The highest BCUT2D eigenvalue weighted by molar-refractivity contribution is 5.24. The molecule has 0 aliphatic heterocycles. The molecule has 1 aliphatic rings.